The van der Waals surface area contributed by atoms with Crippen LogP contribution < -0.4 is 16.3 Å². The van der Waals surface area contributed by atoms with Gasteiger partial charge in [0, 0.05) is 12.4 Å². The summed E-state index contributed by atoms with van der Waals surface area (Å²) < 4.78 is 10.2. The van der Waals surface area contributed by atoms with Gasteiger partial charge < -0.3 is 19.5 Å². The summed E-state index contributed by atoms with van der Waals surface area (Å²) in [6.45, 7) is 0. The fourth-order valence-electron chi connectivity index (χ4n) is 2.11. The van der Waals surface area contributed by atoms with E-state index >= 15 is 0 Å². The highest BCUT2D eigenvalue weighted by Crippen LogP contribution is 2.28. The molecule has 0 saturated heterocycles. The van der Waals surface area contributed by atoms with Crippen LogP contribution in [0.15, 0.2) is 56.3 Å². The third-order valence-corrected chi connectivity index (χ3v) is 3.05. The van der Waals surface area contributed by atoms with Crippen LogP contribution in [-0.2, 0) is 0 Å². The molecule has 2 N–H and O–H groups in total. The van der Waals surface area contributed by atoms with Crippen molar-refractivity contribution < 1.29 is 13.6 Å². The minimum atomic E-state index is -0.627. The standard InChI is InChI=1S/C15H12N2O4/c1-16-12-9-5-2-3-6-10(9)21-15(19)13(12)17-14(18)11-7-4-8-20-11/h2-8,16H,1H3,(H,17,18). The Morgan fingerprint density at radius 2 is 1.90 bits per heavy atom. The van der Waals surface area contributed by atoms with Crippen molar-refractivity contribution in [2.45, 2.75) is 0 Å². The second kappa shape index (κ2) is 5.16. The fourth-order valence-corrected chi connectivity index (χ4v) is 2.11. The molecule has 0 bridgehead atoms. The van der Waals surface area contributed by atoms with Crippen molar-refractivity contribution >= 4 is 28.3 Å². The molecular weight excluding hydrogens is 272 g/mol. The molecule has 1 aromatic carbocycles. The molecular formula is C15H12N2O4. The van der Waals surface area contributed by atoms with Crippen LogP contribution >= 0.6 is 0 Å². The molecule has 0 spiro atoms. The lowest BCUT2D eigenvalue weighted by Crippen LogP contribution is -2.19. The summed E-state index contributed by atoms with van der Waals surface area (Å²) >= 11 is 0. The lowest BCUT2D eigenvalue weighted by Gasteiger charge is -2.11. The summed E-state index contributed by atoms with van der Waals surface area (Å²) in [5, 5.41) is 6.15. The summed E-state index contributed by atoms with van der Waals surface area (Å²) in [4.78, 5) is 24.1. The van der Waals surface area contributed by atoms with Crippen molar-refractivity contribution in [3.63, 3.8) is 0 Å². The second-order valence-electron chi connectivity index (χ2n) is 4.32. The SMILES string of the molecule is CNc1c(NC(=O)c2ccco2)c(=O)oc2ccccc12. The highest BCUT2D eigenvalue weighted by Gasteiger charge is 2.17. The molecule has 0 unspecified atom stereocenters. The van der Waals surface area contributed by atoms with Crippen LogP contribution in [0, 0.1) is 0 Å². The second-order valence-corrected chi connectivity index (χ2v) is 4.32. The number of hydrogen-bond donors (Lipinski definition) is 2. The van der Waals surface area contributed by atoms with Gasteiger partial charge in [0.2, 0.25) is 0 Å². The maximum atomic E-state index is 12.1. The third kappa shape index (κ3) is 2.27. The predicted octanol–water partition coefficient (Wildman–Crippen LogP) is 2.68. The largest absolute Gasteiger partial charge is 0.459 e. The van der Waals surface area contributed by atoms with Gasteiger partial charge in [0.15, 0.2) is 11.4 Å². The van der Waals surface area contributed by atoms with Crippen LogP contribution in [-0.4, -0.2) is 13.0 Å². The first kappa shape index (κ1) is 13.0. The van der Waals surface area contributed by atoms with E-state index in [1.54, 1.807) is 31.3 Å². The van der Waals surface area contributed by atoms with E-state index in [-0.39, 0.29) is 11.4 Å². The molecule has 1 amide bonds. The van der Waals surface area contributed by atoms with Gasteiger partial charge in [0.1, 0.15) is 5.58 Å². The van der Waals surface area contributed by atoms with Crippen molar-refractivity contribution in [1.82, 2.24) is 0 Å². The van der Waals surface area contributed by atoms with Crippen molar-refractivity contribution in [3.8, 4) is 0 Å². The van der Waals surface area contributed by atoms with E-state index in [4.69, 9.17) is 8.83 Å². The summed E-state index contributed by atoms with van der Waals surface area (Å²) in [5.74, 6) is -0.399. The molecule has 2 heterocycles. The average Bonchev–Trinajstić information content (AvgIpc) is 3.02. The number of nitrogens with one attached hydrogen (secondary N) is 2. The van der Waals surface area contributed by atoms with Gasteiger partial charge in [-0.1, -0.05) is 12.1 Å². The highest BCUT2D eigenvalue weighted by molar-refractivity contribution is 6.07. The monoisotopic (exact) mass is 284 g/mol. The molecule has 0 saturated carbocycles. The Labute approximate surface area is 119 Å². The lowest BCUT2D eigenvalue weighted by molar-refractivity contribution is 0.0996. The summed E-state index contributed by atoms with van der Waals surface area (Å²) in [6.07, 6.45) is 1.39. The van der Waals surface area contributed by atoms with Crippen LogP contribution in [0.4, 0.5) is 11.4 Å². The highest BCUT2D eigenvalue weighted by atomic mass is 16.4. The Hall–Kier alpha value is -3.02. The summed E-state index contributed by atoms with van der Waals surface area (Å²) in [7, 11) is 1.67. The quantitative estimate of drug-likeness (QED) is 0.722. The van der Waals surface area contributed by atoms with E-state index in [2.05, 4.69) is 10.6 Å². The Kier molecular flexibility index (Phi) is 3.19. The number of furan rings is 1. The molecule has 2 aromatic heterocycles. The van der Waals surface area contributed by atoms with Gasteiger partial charge in [-0.25, -0.2) is 4.79 Å². The first-order valence-electron chi connectivity index (χ1n) is 6.29. The fraction of sp³-hybridized carbons (Fsp3) is 0.0667. The molecule has 0 fully saturated rings. The van der Waals surface area contributed by atoms with Crippen molar-refractivity contribution in [2.24, 2.45) is 0 Å². The van der Waals surface area contributed by atoms with E-state index in [0.29, 0.717) is 16.7 Å². The van der Waals surface area contributed by atoms with E-state index < -0.39 is 11.5 Å². The molecule has 0 radical (unpaired) electrons. The van der Waals surface area contributed by atoms with E-state index in [1.807, 2.05) is 6.07 Å². The molecule has 3 aromatic rings. The molecule has 106 valence electrons. The number of rotatable bonds is 3. The molecule has 0 aliphatic heterocycles. The molecule has 21 heavy (non-hydrogen) atoms. The topological polar surface area (TPSA) is 84.5 Å². The molecule has 0 aliphatic carbocycles. The molecule has 6 heteroatoms. The van der Waals surface area contributed by atoms with E-state index in [9.17, 15) is 9.59 Å². The van der Waals surface area contributed by atoms with Gasteiger partial charge in [0.05, 0.1) is 12.0 Å². The zero-order valence-electron chi connectivity index (χ0n) is 11.2. The van der Waals surface area contributed by atoms with Gasteiger partial charge in [-0.2, -0.15) is 0 Å². The number of benzene rings is 1. The minimum Gasteiger partial charge on any atom is -0.459 e. The smallest absolute Gasteiger partial charge is 0.362 e. The van der Waals surface area contributed by atoms with Gasteiger partial charge in [-0.3, -0.25) is 4.79 Å². The number of para-hydroxylation sites is 1. The van der Waals surface area contributed by atoms with Crippen LogP contribution in [0.1, 0.15) is 10.6 Å². The van der Waals surface area contributed by atoms with Crippen LogP contribution in [0.5, 0.6) is 0 Å². The Morgan fingerprint density at radius 1 is 1.10 bits per heavy atom. The number of carbonyl (C=O) groups excluding carboxylic acids is 1. The maximum Gasteiger partial charge on any atom is 0.362 e. The number of fused-ring (bicyclic) bond motifs is 1. The first-order chi connectivity index (χ1) is 10.2. The van der Waals surface area contributed by atoms with E-state index in [0.717, 1.165) is 0 Å². The number of anilines is 2. The Morgan fingerprint density at radius 3 is 2.62 bits per heavy atom. The molecule has 0 atom stereocenters. The van der Waals surface area contributed by atoms with Crippen LogP contribution in [0.25, 0.3) is 11.0 Å². The van der Waals surface area contributed by atoms with E-state index in [1.165, 1.54) is 12.3 Å². The average molecular weight is 284 g/mol. The zero-order chi connectivity index (χ0) is 14.8. The number of amides is 1. The summed E-state index contributed by atoms with van der Waals surface area (Å²) in [6, 6.07) is 10.2. The minimum absolute atomic E-state index is 0.0533. The Bertz CT molecular complexity index is 850. The third-order valence-electron chi connectivity index (χ3n) is 3.05. The maximum absolute atomic E-state index is 12.1. The van der Waals surface area contributed by atoms with Gasteiger partial charge in [-0.15, -0.1) is 0 Å². The lowest BCUT2D eigenvalue weighted by atomic mass is 10.2. The first-order valence-corrected chi connectivity index (χ1v) is 6.29. The Balaban J connectivity index is 2.11. The molecule has 3 rings (SSSR count). The summed E-state index contributed by atoms with van der Waals surface area (Å²) in [5.41, 5.74) is 0.375. The van der Waals surface area contributed by atoms with Gasteiger partial charge >= 0.3 is 5.63 Å². The van der Waals surface area contributed by atoms with Crippen molar-refractivity contribution in [2.75, 3.05) is 17.7 Å². The predicted molar refractivity (Wildman–Crippen MR) is 78.7 cm³/mol. The number of carbonyl (C=O) groups is 1. The van der Waals surface area contributed by atoms with Crippen molar-refractivity contribution in [3.05, 3.63) is 58.8 Å². The normalized spacial score (nSPS) is 10.5. The van der Waals surface area contributed by atoms with Crippen LogP contribution in [0.3, 0.4) is 0 Å². The van der Waals surface area contributed by atoms with Crippen molar-refractivity contribution in [1.29, 1.82) is 0 Å². The van der Waals surface area contributed by atoms with Crippen LogP contribution in [0.2, 0.25) is 0 Å². The van der Waals surface area contributed by atoms with Gasteiger partial charge in [-0.05, 0) is 24.3 Å². The molecule has 6 nitrogen and oxygen atoms in total. The number of hydrogen-bond acceptors (Lipinski definition) is 5. The van der Waals surface area contributed by atoms with Gasteiger partial charge in [0.25, 0.3) is 5.91 Å². The molecule has 0 aliphatic rings. The zero-order valence-corrected chi connectivity index (χ0v) is 11.2.